The molecule has 6 rings (SSSR count). The zero-order chi connectivity index (χ0) is 29.7. The van der Waals surface area contributed by atoms with Crippen LogP contribution in [0.3, 0.4) is 0 Å². The Labute approximate surface area is 252 Å². The molecule has 2 aliphatic carbocycles. The fourth-order valence-corrected chi connectivity index (χ4v) is 8.84. The molecule has 0 amide bonds. The molecule has 1 atom stereocenters. The fraction of sp³-hybridized carbons (Fsp3) is 0.300. The van der Waals surface area contributed by atoms with Crippen molar-refractivity contribution in [2.75, 3.05) is 13.9 Å². The maximum Gasteiger partial charge on any atom is 0.335 e. The normalized spacial score (nSPS) is 20.2. The van der Waals surface area contributed by atoms with Crippen LogP contribution in [0.2, 0.25) is 0 Å². The van der Waals surface area contributed by atoms with Crippen molar-refractivity contribution in [2.24, 2.45) is 0 Å². The minimum Gasteiger partial charge on any atom is -0.478 e. The molecule has 4 aromatic rings. The Kier molecular flexibility index (Phi) is 7.35. The van der Waals surface area contributed by atoms with Gasteiger partial charge in [0.25, 0.3) is 0 Å². The molecular weight excluding hydrogens is 598 g/mol. The first-order valence-corrected chi connectivity index (χ1v) is 16.0. The lowest BCUT2D eigenvalue weighted by molar-refractivity contribution is -0.171. The molecule has 0 saturated heterocycles. The monoisotopic (exact) mass is 625 g/mol. The second-order valence-corrected chi connectivity index (χ2v) is 14.3. The third kappa shape index (κ3) is 4.69. The standard InChI is InChI=1S/C30H28ClN3O6S2/c1-29(13-10-22(23(31)16-29)25-17-33-28(41-25)30(11-4-12-30)40-18-39-2)42(37,38)34-24(15-21-5-3-14-32-26(21)34)19-6-8-20(9-7-19)27(35)36/h3,5-10,14-17H,4,11-13,18H2,1-2H3,(H,35,36). The summed E-state index contributed by atoms with van der Waals surface area (Å²) in [6.07, 6.45) is 9.69. The highest BCUT2D eigenvalue weighted by molar-refractivity contribution is 7.91. The molecule has 9 nitrogen and oxygen atoms in total. The van der Waals surface area contributed by atoms with Crippen LogP contribution in [0.1, 0.15) is 52.8 Å². The number of fused-ring (bicyclic) bond motifs is 1. The van der Waals surface area contributed by atoms with Gasteiger partial charge in [-0.05, 0) is 74.6 Å². The highest BCUT2D eigenvalue weighted by Crippen LogP contribution is 2.48. The molecule has 12 heteroatoms. The summed E-state index contributed by atoms with van der Waals surface area (Å²) in [5.41, 5.74) is 1.59. The van der Waals surface area contributed by atoms with Gasteiger partial charge >= 0.3 is 5.97 Å². The van der Waals surface area contributed by atoms with Gasteiger partial charge in [-0.1, -0.05) is 29.8 Å². The number of thiazole rings is 1. The second-order valence-electron chi connectivity index (χ2n) is 10.7. The zero-order valence-electron chi connectivity index (χ0n) is 22.9. The van der Waals surface area contributed by atoms with Gasteiger partial charge in [0.2, 0.25) is 10.0 Å². The van der Waals surface area contributed by atoms with E-state index in [0.717, 1.165) is 34.7 Å². The van der Waals surface area contributed by atoms with Crippen LogP contribution >= 0.6 is 22.9 Å². The number of carboxylic acids is 1. The molecular formula is C30H28ClN3O6S2. The number of carbonyl (C=O) groups is 1. The van der Waals surface area contributed by atoms with Crippen LogP contribution < -0.4 is 0 Å². The molecule has 0 bridgehead atoms. The minimum atomic E-state index is -4.13. The molecule has 1 N–H and O–H groups in total. The van der Waals surface area contributed by atoms with E-state index in [1.54, 1.807) is 62.8 Å². The quantitative estimate of drug-likeness (QED) is 0.212. The van der Waals surface area contributed by atoms with Gasteiger partial charge in [-0.25, -0.2) is 27.2 Å². The van der Waals surface area contributed by atoms with Crippen LogP contribution in [0.15, 0.2) is 72.0 Å². The van der Waals surface area contributed by atoms with E-state index < -0.39 is 26.3 Å². The van der Waals surface area contributed by atoms with Crippen LogP contribution in [0.25, 0.3) is 27.9 Å². The lowest BCUT2D eigenvalue weighted by Gasteiger charge is -2.39. The Balaban J connectivity index is 1.37. The van der Waals surface area contributed by atoms with E-state index >= 15 is 0 Å². The average molecular weight is 626 g/mol. The van der Waals surface area contributed by atoms with Crippen LogP contribution in [-0.4, -0.2) is 52.1 Å². The number of hydrogen-bond acceptors (Lipinski definition) is 8. The number of aromatic carboxylic acids is 1. The van der Waals surface area contributed by atoms with E-state index in [2.05, 4.69) is 9.97 Å². The Morgan fingerprint density at radius 3 is 2.60 bits per heavy atom. The molecule has 3 heterocycles. The largest absolute Gasteiger partial charge is 0.478 e. The first-order chi connectivity index (χ1) is 20.1. The molecule has 1 aromatic carbocycles. The van der Waals surface area contributed by atoms with E-state index in [1.807, 2.05) is 6.08 Å². The Morgan fingerprint density at radius 1 is 1.19 bits per heavy atom. The van der Waals surface area contributed by atoms with Gasteiger partial charge in [0.15, 0.2) is 5.65 Å². The van der Waals surface area contributed by atoms with Gasteiger partial charge in [-0.3, -0.25) is 0 Å². The SMILES string of the molecule is COCOC1(c2ncc(C3=CCC(C)(S(=O)(=O)n4c(-c5ccc(C(=O)O)cc5)cc5cccnc54)C=C3Cl)s2)CCC1. The number of nitrogens with zero attached hydrogens (tertiary/aromatic N) is 3. The predicted molar refractivity (Wildman–Crippen MR) is 162 cm³/mol. The number of ether oxygens (including phenoxy) is 2. The molecule has 42 heavy (non-hydrogen) atoms. The maximum absolute atomic E-state index is 14.5. The van der Waals surface area contributed by atoms with Crippen LogP contribution in [0, 0.1) is 0 Å². The number of aromatic nitrogens is 3. The van der Waals surface area contributed by atoms with Gasteiger partial charge in [-0.2, -0.15) is 0 Å². The zero-order valence-corrected chi connectivity index (χ0v) is 25.3. The molecule has 0 radical (unpaired) electrons. The lowest BCUT2D eigenvalue weighted by Crippen LogP contribution is -2.39. The summed E-state index contributed by atoms with van der Waals surface area (Å²) in [6.45, 7) is 1.83. The van der Waals surface area contributed by atoms with Gasteiger partial charge in [-0.15, -0.1) is 11.3 Å². The first-order valence-electron chi connectivity index (χ1n) is 13.3. The van der Waals surface area contributed by atoms with E-state index in [1.165, 1.54) is 27.4 Å². The van der Waals surface area contributed by atoms with Crippen LogP contribution in [0.4, 0.5) is 0 Å². The Bertz CT molecular complexity index is 1850. The number of allylic oxidation sites excluding steroid dienone is 3. The summed E-state index contributed by atoms with van der Waals surface area (Å²) in [6, 6.07) is 11.4. The van der Waals surface area contributed by atoms with Crippen molar-refractivity contribution < 1.29 is 27.8 Å². The lowest BCUT2D eigenvalue weighted by atomic mass is 9.80. The van der Waals surface area contributed by atoms with Crippen molar-refractivity contribution >= 4 is 55.5 Å². The van der Waals surface area contributed by atoms with Gasteiger partial charge in [0.05, 0.1) is 16.1 Å². The number of carboxylic acid groups (broad SMARTS) is 1. The highest BCUT2D eigenvalue weighted by Gasteiger charge is 2.45. The van der Waals surface area contributed by atoms with Gasteiger partial charge < -0.3 is 14.6 Å². The van der Waals surface area contributed by atoms with Crippen molar-refractivity contribution in [3.8, 4) is 11.3 Å². The molecule has 1 saturated carbocycles. The van der Waals surface area contributed by atoms with E-state index in [9.17, 15) is 18.3 Å². The van der Waals surface area contributed by atoms with Gasteiger partial charge in [0.1, 0.15) is 22.1 Å². The minimum absolute atomic E-state index is 0.105. The summed E-state index contributed by atoms with van der Waals surface area (Å²) < 4.78 is 39.9. The number of benzene rings is 1. The number of methoxy groups -OCH3 is 1. The van der Waals surface area contributed by atoms with Crippen molar-refractivity contribution in [1.29, 1.82) is 0 Å². The smallest absolute Gasteiger partial charge is 0.335 e. The molecule has 1 unspecified atom stereocenters. The average Bonchev–Trinajstić information content (AvgIpc) is 3.59. The van der Waals surface area contributed by atoms with Crippen molar-refractivity contribution in [1.82, 2.24) is 13.9 Å². The van der Waals surface area contributed by atoms with Crippen molar-refractivity contribution in [3.63, 3.8) is 0 Å². The summed E-state index contributed by atoms with van der Waals surface area (Å²) in [5.74, 6) is -1.06. The molecule has 3 aromatic heterocycles. The summed E-state index contributed by atoms with van der Waals surface area (Å²) in [5, 5.41) is 11.1. The molecule has 1 fully saturated rings. The fourth-order valence-electron chi connectivity index (χ4n) is 5.35. The van der Waals surface area contributed by atoms with Gasteiger partial charge in [0, 0.05) is 35.5 Å². The number of pyridine rings is 1. The predicted octanol–water partition coefficient (Wildman–Crippen LogP) is 6.40. The highest BCUT2D eigenvalue weighted by atomic mass is 35.5. The number of hydrogen-bond donors (Lipinski definition) is 1. The summed E-state index contributed by atoms with van der Waals surface area (Å²) >= 11 is 8.32. The van der Waals surface area contributed by atoms with E-state index in [-0.39, 0.29) is 24.4 Å². The molecule has 0 spiro atoms. The summed E-state index contributed by atoms with van der Waals surface area (Å²) in [4.78, 5) is 21.3. The Hall–Kier alpha value is -3.35. The molecule has 2 aliphatic rings. The number of rotatable bonds is 9. The van der Waals surface area contributed by atoms with Crippen LogP contribution in [0.5, 0.6) is 0 Å². The molecule has 218 valence electrons. The van der Waals surface area contributed by atoms with Crippen LogP contribution in [-0.2, 0) is 25.1 Å². The third-order valence-corrected chi connectivity index (χ3v) is 11.8. The maximum atomic E-state index is 14.5. The second kappa shape index (κ2) is 10.7. The first kappa shape index (κ1) is 28.8. The van der Waals surface area contributed by atoms with Crippen molar-refractivity contribution in [3.05, 3.63) is 87.5 Å². The summed E-state index contributed by atoms with van der Waals surface area (Å²) in [7, 11) is -2.54. The number of halogens is 1. The molecule has 0 aliphatic heterocycles. The van der Waals surface area contributed by atoms with Crippen molar-refractivity contribution in [2.45, 2.75) is 43.0 Å². The van der Waals surface area contributed by atoms with E-state index in [4.69, 9.17) is 21.1 Å². The Morgan fingerprint density at radius 2 is 1.95 bits per heavy atom. The third-order valence-electron chi connectivity index (χ3n) is 7.95. The topological polar surface area (TPSA) is 121 Å². The van der Waals surface area contributed by atoms with E-state index in [0.29, 0.717) is 21.7 Å².